The molecule has 128 valence electrons. The maximum absolute atomic E-state index is 4.58. The third kappa shape index (κ3) is 3.28. The average Bonchev–Trinajstić information content (AvgIpc) is 2.60. The first kappa shape index (κ1) is 16.2. The van der Waals surface area contributed by atoms with E-state index in [4.69, 9.17) is 0 Å². The normalized spacial score (nSPS) is 15.0. The lowest BCUT2D eigenvalue weighted by Crippen LogP contribution is -2.47. The summed E-state index contributed by atoms with van der Waals surface area (Å²) >= 11 is 3.46. The van der Waals surface area contributed by atoms with Crippen molar-refractivity contribution in [2.24, 2.45) is 0 Å². The van der Waals surface area contributed by atoms with Gasteiger partial charge in [-0.2, -0.15) is 0 Å². The lowest BCUT2D eigenvalue weighted by Gasteiger charge is -2.37. The van der Waals surface area contributed by atoms with Gasteiger partial charge in [-0.25, -0.2) is 9.97 Å². The van der Waals surface area contributed by atoms with Crippen molar-refractivity contribution < 1.29 is 0 Å². The van der Waals surface area contributed by atoms with Gasteiger partial charge in [-0.1, -0.05) is 0 Å². The molecule has 3 aromatic heterocycles. The Hall–Kier alpha value is -2.28. The summed E-state index contributed by atoms with van der Waals surface area (Å²) in [6, 6.07) is 6.12. The fourth-order valence-corrected chi connectivity index (χ4v) is 3.60. The molecule has 0 radical (unpaired) electrons. The van der Waals surface area contributed by atoms with Gasteiger partial charge in [-0.05, 0) is 41.9 Å². The minimum absolute atomic E-state index is 0.826. The second-order valence-electron chi connectivity index (χ2n) is 6.24. The highest BCUT2D eigenvalue weighted by atomic mass is 79.9. The maximum atomic E-state index is 4.58. The first-order valence-corrected chi connectivity index (χ1v) is 9.12. The summed E-state index contributed by atoms with van der Waals surface area (Å²) in [5.74, 6) is 1.85. The van der Waals surface area contributed by atoms with Crippen LogP contribution in [0.1, 0.15) is 11.5 Å². The van der Waals surface area contributed by atoms with E-state index in [0.717, 1.165) is 64.7 Å². The molecule has 0 aliphatic carbocycles. The Balaban J connectivity index is 1.56. The number of halogens is 1. The zero-order valence-electron chi connectivity index (χ0n) is 14.3. The van der Waals surface area contributed by atoms with Gasteiger partial charge in [0.1, 0.15) is 17.2 Å². The molecule has 6 nitrogen and oxygen atoms in total. The predicted molar refractivity (Wildman–Crippen MR) is 103 cm³/mol. The summed E-state index contributed by atoms with van der Waals surface area (Å²) in [5, 5.41) is 0. The minimum Gasteiger partial charge on any atom is -0.366 e. The van der Waals surface area contributed by atoms with Gasteiger partial charge < -0.3 is 9.80 Å². The summed E-state index contributed by atoms with van der Waals surface area (Å²) < 4.78 is 0.948. The third-order valence-corrected chi connectivity index (χ3v) is 4.85. The molecule has 4 heterocycles. The van der Waals surface area contributed by atoms with Gasteiger partial charge in [0, 0.05) is 54.8 Å². The van der Waals surface area contributed by atoms with E-state index in [0.29, 0.717) is 0 Å². The Morgan fingerprint density at radius 3 is 2.48 bits per heavy atom. The Labute approximate surface area is 155 Å². The molecule has 4 rings (SSSR count). The van der Waals surface area contributed by atoms with Crippen LogP contribution in [0, 0.1) is 13.8 Å². The van der Waals surface area contributed by atoms with Crippen molar-refractivity contribution in [2.45, 2.75) is 13.8 Å². The van der Waals surface area contributed by atoms with Gasteiger partial charge in [-0.3, -0.25) is 9.97 Å². The Morgan fingerprint density at radius 1 is 0.960 bits per heavy atom. The van der Waals surface area contributed by atoms with E-state index in [9.17, 15) is 0 Å². The van der Waals surface area contributed by atoms with Gasteiger partial charge in [0.25, 0.3) is 0 Å². The van der Waals surface area contributed by atoms with Crippen LogP contribution in [0.15, 0.2) is 35.1 Å². The van der Waals surface area contributed by atoms with Gasteiger partial charge >= 0.3 is 0 Å². The molecular weight excluding hydrogens is 380 g/mol. The van der Waals surface area contributed by atoms with Crippen molar-refractivity contribution in [3.05, 3.63) is 46.6 Å². The number of rotatable bonds is 2. The van der Waals surface area contributed by atoms with Crippen LogP contribution in [-0.4, -0.2) is 46.1 Å². The second-order valence-corrected chi connectivity index (χ2v) is 7.16. The molecule has 0 saturated carbocycles. The van der Waals surface area contributed by atoms with Crippen LogP contribution in [0.2, 0.25) is 0 Å². The molecule has 1 saturated heterocycles. The molecule has 0 N–H and O–H groups in total. The van der Waals surface area contributed by atoms with Crippen LogP contribution >= 0.6 is 15.9 Å². The van der Waals surface area contributed by atoms with Crippen molar-refractivity contribution in [3.63, 3.8) is 0 Å². The van der Waals surface area contributed by atoms with E-state index in [-0.39, 0.29) is 0 Å². The monoisotopic (exact) mass is 398 g/mol. The van der Waals surface area contributed by atoms with Crippen LogP contribution < -0.4 is 9.80 Å². The van der Waals surface area contributed by atoms with Crippen molar-refractivity contribution in [3.8, 4) is 0 Å². The molecule has 0 amide bonds. The van der Waals surface area contributed by atoms with E-state index >= 15 is 0 Å². The minimum atomic E-state index is 0.826. The zero-order chi connectivity index (χ0) is 17.4. The van der Waals surface area contributed by atoms with E-state index in [2.05, 4.69) is 57.8 Å². The summed E-state index contributed by atoms with van der Waals surface area (Å²) in [6.07, 6.45) is 3.69. The summed E-state index contributed by atoms with van der Waals surface area (Å²) in [4.78, 5) is 22.7. The van der Waals surface area contributed by atoms with Crippen LogP contribution in [0.4, 0.5) is 11.5 Å². The highest BCUT2D eigenvalue weighted by Gasteiger charge is 2.21. The highest BCUT2D eigenvalue weighted by molar-refractivity contribution is 9.10. The predicted octanol–water partition coefficient (Wildman–Crippen LogP) is 3.13. The van der Waals surface area contributed by atoms with Gasteiger partial charge in [-0.15, -0.1) is 0 Å². The lowest BCUT2D eigenvalue weighted by atomic mass is 10.2. The number of piperazine rings is 1. The number of aromatic nitrogens is 4. The number of aryl methyl sites for hydroxylation is 2. The fraction of sp³-hybridized carbons (Fsp3) is 0.333. The van der Waals surface area contributed by atoms with Crippen LogP contribution in [-0.2, 0) is 0 Å². The Bertz CT molecular complexity index is 900. The molecule has 0 unspecified atom stereocenters. The van der Waals surface area contributed by atoms with E-state index in [1.54, 1.807) is 0 Å². The molecule has 25 heavy (non-hydrogen) atoms. The van der Waals surface area contributed by atoms with Crippen molar-refractivity contribution in [1.82, 2.24) is 19.9 Å². The summed E-state index contributed by atoms with van der Waals surface area (Å²) in [5.41, 5.74) is 4.02. The highest BCUT2D eigenvalue weighted by Crippen LogP contribution is 2.27. The molecule has 0 bridgehead atoms. The molecule has 1 fully saturated rings. The number of hydrogen-bond donors (Lipinski definition) is 0. The number of fused-ring (bicyclic) bond motifs is 1. The zero-order valence-corrected chi connectivity index (χ0v) is 15.9. The van der Waals surface area contributed by atoms with E-state index < -0.39 is 0 Å². The number of anilines is 2. The molecule has 0 spiro atoms. The number of nitrogens with zero attached hydrogens (tertiary/aromatic N) is 6. The average molecular weight is 399 g/mol. The second kappa shape index (κ2) is 6.55. The molecule has 3 aromatic rings. The summed E-state index contributed by atoms with van der Waals surface area (Å²) in [6.45, 7) is 7.67. The SMILES string of the molecule is Cc1cc(N2CCN(c3ccnc4cc(Br)cnc34)CC2)nc(C)n1. The molecule has 1 aliphatic heterocycles. The molecule has 1 aliphatic rings. The topological polar surface area (TPSA) is 58.0 Å². The Kier molecular flexibility index (Phi) is 4.25. The van der Waals surface area contributed by atoms with Crippen LogP contribution in [0.25, 0.3) is 11.0 Å². The fourth-order valence-electron chi connectivity index (χ4n) is 3.28. The molecular formula is C18H19BrN6. The van der Waals surface area contributed by atoms with Crippen molar-refractivity contribution in [1.29, 1.82) is 0 Å². The molecule has 7 heteroatoms. The number of hydrogen-bond acceptors (Lipinski definition) is 6. The van der Waals surface area contributed by atoms with Crippen molar-refractivity contribution in [2.75, 3.05) is 36.0 Å². The van der Waals surface area contributed by atoms with E-state index in [1.807, 2.05) is 32.3 Å². The first-order chi connectivity index (χ1) is 12.1. The van der Waals surface area contributed by atoms with E-state index in [1.165, 1.54) is 0 Å². The van der Waals surface area contributed by atoms with Crippen LogP contribution in [0.3, 0.4) is 0 Å². The summed E-state index contributed by atoms with van der Waals surface area (Å²) in [7, 11) is 0. The van der Waals surface area contributed by atoms with Gasteiger partial charge in [0.2, 0.25) is 0 Å². The third-order valence-electron chi connectivity index (χ3n) is 4.42. The van der Waals surface area contributed by atoms with Crippen LogP contribution in [0.5, 0.6) is 0 Å². The smallest absolute Gasteiger partial charge is 0.132 e. The molecule has 0 atom stereocenters. The van der Waals surface area contributed by atoms with Crippen molar-refractivity contribution >= 4 is 38.5 Å². The quantitative estimate of drug-likeness (QED) is 0.660. The first-order valence-electron chi connectivity index (χ1n) is 8.32. The van der Waals surface area contributed by atoms with Gasteiger partial charge in [0.15, 0.2) is 0 Å². The number of pyridine rings is 2. The lowest BCUT2D eigenvalue weighted by molar-refractivity contribution is 0.646. The maximum Gasteiger partial charge on any atom is 0.132 e. The Morgan fingerprint density at radius 2 is 1.72 bits per heavy atom. The molecule has 0 aromatic carbocycles. The standard InChI is InChI=1S/C18H19BrN6/c1-12-9-17(23-13(2)22-12)25-7-5-24(6-8-25)16-3-4-20-15-10-14(19)11-21-18(15)16/h3-4,9-11H,5-8H2,1-2H3. The largest absolute Gasteiger partial charge is 0.366 e. The van der Waals surface area contributed by atoms with Gasteiger partial charge in [0.05, 0.1) is 11.2 Å².